The van der Waals surface area contributed by atoms with Crippen LogP contribution in [0.4, 0.5) is 21.9 Å². The summed E-state index contributed by atoms with van der Waals surface area (Å²) in [7, 11) is 9.69. The molecule has 0 bridgehead atoms. The molecule has 0 aromatic heterocycles. The molecule has 2 radical (unpaired) electrons. The summed E-state index contributed by atoms with van der Waals surface area (Å²) in [6.45, 7) is 0.0860. The summed E-state index contributed by atoms with van der Waals surface area (Å²) in [6, 6.07) is 21.7. The SMILES string of the molecule is [B]c1ccc(N2CC(O)(c3cccc(N(C)C)c3)N(c3ccc(Br)cc3)C2=O)cc1. The summed E-state index contributed by atoms with van der Waals surface area (Å²) < 4.78 is 0.895. The quantitative estimate of drug-likeness (QED) is 0.604. The lowest BCUT2D eigenvalue weighted by Crippen LogP contribution is -2.45. The maximum Gasteiger partial charge on any atom is 0.331 e. The smallest absolute Gasteiger partial charge is 0.331 e. The van der Waals surface area contributed by atoms with Crippen LogP contribution in [0.2, 0.25) is 0 Å². The first-order valence-corrected chi connectivity index (χ1v) is 10.3. The van der Waals surface area contributed by atoms with Crippen LogP contribution in [0, 0.1) is 0 Å². The lowest BCUT2D eigenvalue weighted by atomic mass is 9.96. The van der Waals surface area contributed by atoms with Gasteiger partial charge >= 0.3 is 6.03 Å². The number of carbonyl (C=O) groups excluding carboxylic acids is 1. The number of halogens is 1. The van der Waals surface area contributed by atoms with Gasteiger partial charge in [0.25, 0.3) is 0 Å². The number of anilines is 3. The number of rotatable bonds is 4. The molecule has 0 saturated carbocycles. The second kappa shape index (κ2) is 7.82. The number of carbonyl (C=O) groups is 1. The molecule has 0 spiro atoms. The van der Waals surface area contributed by atoms with Crippen LogP contribution in [0.15, 0.2) is 77.3 Å². The lowest BCUT2D eigenvalue weighted by Gasteiger charge is -2.33. The molecule has 2 amide bonds. The van der Waals surface area contributed by atoms with Gasteiger partial charge in [0, 0.05) is 41.2 Å². The van der Waals surface area contributed by atoms with E-state index in [9.17, 15) is 9.90 Å². The fourth-order valence-corrected chi connectivity index (χ4v) is 3.93. The number of amides is 2. The number of benzene rings is 3. The van der Waals surface area contributed by atoms with Gasteiger partial charge in [0.2, 0.25) is 0 Å². The van der Waals surface area contributed by atoms with Gasteiger partial charge in [-0.3, -0.25) is 9.80 Å². The third kappa shape index (κ3) is 3.59. The van der Waals surface area contributed by atoms with Crippen LogP contribution in [0.3, 0.4) is 0 Å². The van der Waals surface area contributed by atoms with E-state index in [1.807, 2.05) is 67.5 Å². The van der Waals surface area contributed by atoms with Gasteiger partial charge in [0.15, 0.2) is 5.72 Å². The first kappa shape index (κ1) is 20.5. The molecule has 150 valence electrons. The van der Waals surface area contributed by atoms with Crippen molar-refractivity contribution in [3.8, 4) is 0 Å². The molecule has 1 atom stereocenters. The maximum atomic E-state index is 13.5. The monoisotopic (exact) mass is 461 g/mol. The van der Waals surface area contributed by atoms with E-state index in [0.717, 1.165) is 10.2 Å². The van der Waals surface area contributed by atoms with E-state index in [1.165, 1.54) is 4.90 Å². The molecule has 3 aromatic rings. The summed E-state index contributed by atoms with van der Waals surface area (Å²) in [5.74, 6) is 0. The zero-order valence-electron chi connectivity index (χ0n) is 16.8. The Bertz CT molecular complexity index is 1070. The highest BCUT2D eigenvalue weighted by Gasteiger charge is 2.51. The van der Waals surface area contributed by atoms with Gasteiger partial charge in [0.05, 0.1) is 6.54 Å². The molecule has 1 unspecified atom stereocenters. The van der Waals surface area contributed by atoms with Gasteiger partial charge in [-0.05, 0) is 48.5 Å². The Morgan fingerprint density at radius 2 is 1.63 bits per heavy atom. The van der Waals surface area contributed by atoms with Gasteiger partial charge in [-0.2, -0.15) is 0 Å². The first-order chi connectivity index (χ1) is 14.3. The van der Waals surface area contributed by atoms with Crippen LogP contribution in [0.1, 0.15) is 5.56 Å². The number of hydrogen-bond donors (Lipinski definition) is 1. The fourth-order valence-electron chi connectivity index (χ4n) is 3.66. The topological polar surface area (TPSA) is 47.0 Å². The zero-order valence-corrected chi connectivity index (χ0v) is 18.4. The van der Waals surface area contributed by atoms with E-state index < -0.39 is 5.72 Å². The minimum absolute atomic E-state index is 0.0860. The van der Waals surface area contributed by atoms with E-state index in [-0.39, 0.29) is 12.6 Å². The summed E-state index contributed by atoms with van der Waals surface area (Å²) in [6.07, 6.45) is 0. The lowest BCUT2D eigenvalue weighted by molar-refractivity contribution is 0.0656. The Balaban J connectivity index is 1.84. The second-order valence-corrected chi connectivity index (χ2v) is 8.45. The van der Waals surface area contributed by atoms with Crippen LogP contribution in [0.25, 0.3) is 0 Å². The fraction of sp³-hybridized carbons (Fsp3) is 0.174. The van der Waals surface area contributed by atoms with E-state index >= 15 is 0 Å². The predicted molar refractivity (Wildman–Crippen MR) is 126 cm³/mol. The third-order valence-corrected chi connectivity index (χ3v) is 5.81. The molecule has 5 nitrogen and oxygen atoms in total. The second-order valence-electron chi connectivity index (χ2n) is 7.53. The molecule has 1 saturated heterocycles. The zero-order chi connectivity index (χ0) is 21.5. The molecule has 4 rings (SSSR count). The molecule has 0 aliphatic carbocycles. The van der Waals surface area contributed by atoms with E-state index in [4.69, 9.17) is 7.85 Å². The molecular formula is C23H21BBrN3O2. The maximum absolute atomic E-state index is 13.5. The van der Waals surface area contributed by atoms with Crippen molar-refractivity contribution in [3.05, 3.63) is 82.8 Å². The van der Waals surface area contributed by atoms with Crippen LogP contribution in [-0.4, -0.2) is 39.6 Å². The average Bonchev–Trinajstić information content (AvgIpc) is 3.01. The molecule has 1 aliphatic heterocycles. The number of β-amino-alcohol motifs (C(OH)–C–C–N with tert-alkyl or cyclic N) is 1. The van der Waals surface area contributed by atoms with Crippen LogP contribution >= 0.6 is 15.9 Å². The van der Waals surface area contributed by atoms with Gasteiger partial charge in [0.1, 0.15) is 7.85 Å². The van der Waals surface area contributed by atoms with E-state index in [1.54, 1.807) is 29.2 Å². The number of urea groups is 1. The number of nitrogens with zero attached hydrogens (tertiary/aromatic N) is 3. The number of hydrogen-bond acceptors (Lipinski definition) is 3. The number of aliphatic hydroxyl groups is 1. The minimum Gasteiger partial charge on any atom is -0.378 e. The summed E-state index contributed by atoms with van der Waals surface area (Å²) in [5.41, 5.74) is 1.94. The average molecular weight is 462 g/mol. The van der Waals surface area contributed by atoms with Gasteiger partial charge in [-0.1, -0.05) is 45.7 Å². The van der Waals surface area contributed by atoms with Crippen LogP contribution in [-0.2, 0) is 5.72 Å². The molecule has 1 aliphatic rings. The van der Waals surface area contributed by atoms with Crippen molar-refractivity contribution < 1.29 is 9.90 Å². The van der Waals surface area contributed by atoms with Gasteiger partial charge in [-0.15, -0.1) is 0 Å². The van der Waals surface area contributed by atoms with Crippen LogP contribution < -0.4 is 20.2 Å². The van der Waals surface area contributed by atoms with Crippen molar-refractivity contribution >= 4 is 52.3 Å². The Kier molecular flexibility index (Phi) is 5.34. The Morgan fingerprint density at radius 3 is 2.27 bits per heavy atom. The molecule has 1 fully saturated rings. The largest absolute Gasteiger partial charge is 0.378 e. The van der Waals surface area contributed by atoms with Crippen molar-refractivity contribution in [2.24, 2.45) is 0 Å². The van der Waals surface area contributed by atoms with Crippen molar-refractivity contribution in [2.75, 3.05) is 35.3 Å². The predicted octanol–water partition coefficient (Wildman–Crippen LogP) is 3.60. The molecule has 30 heavy (non-hydrogen) atoms. The Morgan fingerprint density at radius 1 is 1.00 bits per heavy atom. The highest BCUT2D eigenvalue weighted by molar-refractivity contribution is 9.10. The summed E-state index contributed by atoms with van der Waals surface area (Å²) in [5, 5.41) is 11.9. The summed E-state index contributed by atoms with van der Waals surface area (Å²) in [4.78, 5) is 18.5. The van der Waals surface area contributed by atoms with E-state index in [2.05, 4.69) is 15.9 Å². The molecule has 7 heteroatoms. The van der Waals surface area contributed by atoms with E-state index in [0.29, 0.717) is 22.4 Å². The highest BCUT2D eigenvalue weighted by Crippen LogP contribution is 2.40. The normalized spacial score (nSPS) is 18.7. The minimum atomic E-state index is -1.54. The van der Waals surface area contributed by atoms with Crippen molar-refractivity contribution in [1.82, 2.24) is 0 Å². The first-order valence-electron chi connectivity index (χ1n) is 9.53. The standard InChI is InChI=1S/C23H21BBrN3O2/c1-26(2)21-5-3-4-16(14-21)23(30)15-27(19-10-6-17(24)7-11-19)22(29)28(23)20-12-8-18(25)9-13-20/h3-14,30H,15H2,1-2H3. The highest BCUT2D eigenvalue weighted by atomic mass is 79.9. The van der Waals surface area contributed by atoms with Crippen molar-refractivity contribution in [3.63, 3.8) is 0 Å². The molecule has 1 N–H and O–H groups in total. The Labute approximate surface area is 186 Å². The summed E-state index contributed by atoms with van der Waals surface area (Å²) >= 11 is 3.43. The van der Waals surface area contributed by atoms with Crippen molar-refractivity contribution in [2.45, 2.75) is 5.72 Å². The van der Waals surface area contributed by atoms with Gasteiger partial charge in [-0.25, -0.2) is 4.79 Å². The van der Waals surface area contributed by atoms with Crippen LogP contribution in [0.5, 0.6) is 0 Å². The molecular weight excluding hydrogens is 441 g/mol. The Hall–Kier alpha value is -2.77. The van der Waals surface area contributed by atoms with Crippen molar-refractivity contribution in [1.29, 1.82) is 0 Å². The third-order valence-electron chi connectivity index (χ3n) is 5.29. The molecule has 3 aromatic carbocycles. The molecule has 1 heterocycles. The van der Waals surface area contributed by atoms with Gasteiger partial charge < -0.3 is 10.0 Å².